The second-order valence-electron chi connectivity index (χ2n) is 4.65. The van der Waals surface area contributed by atoms with Crippen LogP contribution in [0.15, 0.2) is 24.3 Å². The van der Waals surface area contributed by atoms with Gasteiger partial charge in [-0.2, -0.15) is 0 Å². The molecule has 0 aliphatic heterocycles. The van der Waals surface area contributed by atoms with E-state index in [1.54, 1.807) is 14.2 Å². The van der Waals surface area contributed by atoms with Gasteiger partial charge >= 0.3 is 0 Å². The van der Waals surface area contributed by atoms with Crippen LogP contribution in [0, 0.1) is 0 Å². The molecule has 4 heteroatoms. The summed E-state index contributed by atoms with van der Waals surface area (Å²) in [6.45, 7) is 4.16. The molecule has 2 atom stereocenters. The molecule has 0 saturated heterocycles. The first-order valence-corrected chi connectivity index (χ1v) is 6.23. The monoisotopic (exact) mass is 252 g/mol. The Morgan fingerprint density at radius 3 is 2.61 bits per heavy atom. The molecule has 0 bridgehead atoms. The van der Waals surface area contributed by atoms with Crippen LogP contribution >= 0.6 is 0 Å². The number of benzene rings is 1. The van der Waals surface area contributed by atoms with Gasteiger partial charge in [-0.05, 0) is 37.5 Å². The molecular weight excluding hydrogens is 228 g/mol. The van der Waals surface area contributed by atoms with Gasteiger partial charge in [0.25, 0.3) is 0 Å². The van der Waals surface area contributed by atoms with Crippen LogP contribution in [0.2, 0.25) is 0 Å². The average molecular weight is 252 g/mol. The number of methoxy groups -OCH3 is 2. The van der Waals surface area contributed by atoms with E-state index in [0.29, 0.717) is 0 Å². The van der Waals surface area contributed by atoms with Gasteiger partial charge in [0.1, 0.15) is 5.75 Å². The normalized spacial score (nSPS) is 16.1. The number of hydrogen-bond acceptors (Lipinski definition) is 4. The third kappa shape index (κ3) is 3.45. The van der Waals surface area contributed by atoms with E-state index in [-0.39, 0.29) is 11.6 Å². The molecule has 0 fully saturated rings. The SMILES string of the molecule is CCC(C)(OC)C(Cc1cccc(OC)c1)NN. The minimum atomic E-state index is -0.280. The first-order valence-electron chi connectivity index (χ1n) is 6.23. The minimum absolute atomic E-state index is 0.0552. The summed E-state index contributed by atoms with van der Waals surface area (Å²) in [5, 5.41) is 0. The Balaban J connectivity index is 2.85. The maximum atomic E-state index is 5.67. The third-order valence-corrected chi connectivity index (χ3v) is 3.68. The Morgan fingerprint density at radius 1 is 1.39 bits per heavy atom. The van der Waals surface area contributed by atoms with Gasteiger partial charge in [-0.15, -0.1) is 0 Å². The van der Waals surface area contributed by atoms with E-state index < -0.39 is 0 Å². The standard InChI is InChI=1S/C14H24N2O2/c1-5-14(2,18-4)13(16-15)10-11-7-6-8-12(9-11)17-3/h6-9,13,16H,5,10,15H2,1-4H3. The maximum Gasteiger partial charge on any atom is 0.119 e. The van der Waals surface area contributed by atoms with Crippen molar-refractivity contribution in [3.63, 3.8) is 0 Å². The van der Waals surface area contributed by atoms with Crippen molar-refractivity contribution in [3.8, 4) is 5.75 Å². The highest BCUT2D eigenvalue weighted by Gasteiger charge is 2.31. The molecule has 0 saturated carbocycles. The van der Waals surface area contributed by atoms with Crippen LogP contribution in [-0.2, 0) is 11.2 Å². The van der Waals surface area contributed by atoms with E-state index in [4.69, 9.17) is 15.3 Å². The van der Waals surface area contributed by atoms with E-state index in [9.17, 15) is 0 Å². The zero-order valence-electron chi connectivity index (χ0n) is 11.7. The quantitative estimate of drug-likeness (QED) is 0.575. The number of hydrazine groups is 1. The summed E-state index contributed by atoms with van der Waals surface area (Å²) >= 11 is 0. The number of hydrogen-bond donors (Lipinski definition) is 2. The van der Waals surface area contributed by atoms with Gasteiger partial charge in [0, 0.05) is 7.11 Å². The molecule has 0 aromatic heterocycles. The van der Waals surface area contributed by atoms with Crippen LogP contribution in [0.4, 0.5) is 0 Å². The summed E-state index contributed by atoms with van der Waals surface area (Å²) in [6, 6.07) is 8.07. The third-order valence-electron chi connectivity index (χ3n) is 3.68. The Bertz CT molecular complexity index is 365. The van der Waals surface area contributed by atoms with Gasteiger partial charge in [-0.1, -0.05) is 19.1 Å². The molecule has 0 spiro atoms. The molecule has 4 nitrogen and oxygen atoms in total. The number of nitrogens with two attached hydrogens (primary N) is 1. The molecule has 0 amide bonds. The smallest absolute Gasteiger partial charge is 0.119 e. The lowest BCUT2D eigenvalue weighted by Gasteiger charge is -2.35. The second-order valence-corrected chi connectivity index (χ2v) is 4.65. The molecule has 1 aromatic rings. The van der Waals surface area contributed by atoms with Crippen molar-refractivity contribution in [1.82, 2.24) is 5.43 Å². The van der Waals surface area contributed by atoms with Crippen LogP contribution in [-0.4, -0.2) is 25.9 Å². The van der Waals surface area contributed by atoms with E-state index in [1.807, 2.05) is 18.2 Å². The van der Waals surface area contributed by atoms with Crippen molar-refractivity contribution in [3.05, 3.63) is 29.8 Å². The molecule has 2 unspecified atom stereocenters. The number of ether oxygens (including phenoxy) is 2. The van der Waals surface area contributed by atoms with Gasteiger partial charge in [0.15, 0.2) is 0 Å². The van der Waals surface area contributed by atoms with Gasteiger partial charge in [0.05, 0.1) is 18.8 Å². The summed E-state index contributed by atoms with van der Waals surface area (Å²) in [6.07, 6.45) is 1.69. The molecule has 0 heterocycles. The highest BCUT2D eigenvalue weighted by Crippen LogP contribution is 2.23. The molecule has 3 N–H and O–H groups in total. The summed E-state index contributed by atoms with van der Waals surface area (Å²) in [4.78, 5) is 0. The fourth-order valence-electron chi connectivity index (χ4n) is 2.02. The largest absolute Gasteiger partial charge is 0.497 e. The van der Waals surface area contributed by atoms with Crippen LogP contribution in [0.25, 0.3) is 0 Å². The summed E-state index contributed by atoms with van der Waals surface area (Å²) in [7, 11) is 3.39. The summed E-state index contributed by atoms with van der Waals surface area (Å²) < 4.78 is 10.8. The van der Waals surface area contributed by atoms with E-state index in [0.717, 1.165) is 18.6 Å². The van der Waals surface area contributed by atoms with Crippen molar-refractivity contribution in [2.45, 2.75) is 38.3 Å². The first-order chi connectivity index (χ1) is 8.59. The van der Waals surface area contributed by atoms with Crippen LogP contribution in [0.3, 0.4) is 0 Å². The Hall–Kier alpha value is -1.10. The molecule has 102 valence electrons. The summed E-state index contributed by atoms with van der Waals surface area (Å²) in [5.74, 6) is 6.53. The fraction of sp³-hybridized carbons (Fsp3) is 0.571. The lowest BCUT2D eigenvalue weighted by Crippen LogP contribution is -2.53. The van der Waals surface area contributed by atoms with E-state index in [2.05, 4.69) is 25.3 Å². The van der Waals surface area contributed by atoms with E-state index >= 15 is 0 Å². The predicted molar refractivity (Wildman–Crippen MR) is 73.5 cm³/mol. The highest BCUT2D eigenvalue weighted by atomic mass is 16.5. The Kier molecular flexibility index (Phi) is 5.59. The van der Waals surface area contributed by atoms with Crippen molar-refractivity contribution in [2.24, 2.45) is 5.84 Å². The maximum absolute atomic E-state index is 5.67. The number of rotatable bonds is 7. The molecule has 0 aliphatic rings. The second kappa shape index (κ2) is 6.73. The minimum Gasteiger partial charge on any atom is -0.497 e. The van der Waals surface area contributed by atoms with Crippen molar-refractivity contribution in [1.29, 1.82) is 0 Å². The van der Waals surface area contributed by atoms with Gasteiger partial charge < -0.3 is 9.47 Å². The van der Waals surface area contributed by atoms with Crippen LogP contribution in [0.1, 0.15) is 25.8 Å². The van der Waals surface area contributed by atoms with Gasteiger partial charge in [-0.25, -0.2) is 0 Å². The molecular formula is C14H24N2O2. The summed E-state index contributed by atoms with van der Waals surface area (Å²) in [5.41, 5.74) is 3.76. The van der Waals surface area contributed by atoms with Crippen LogP contribution < -0.4 is 16.0 Å². The average Bonchev–Trinajstić information content (AvgIpc) is 2.44. The van der Waals surface area contributed by atoms with Crippen molar-refractivity contribution >= 4 is 0 Å². The van der Waals surface area contributed by atoms with E-state index in [1.165, 1.54) is 5.56 Å². The van der Waals surface area contributed by atoms with Gasteiger partial charge in [-0.3, -0.25) is 11.3 Å². The lowest BCUT2D eigenvalue weighted by atomic mass is 9.88. The van der Waals surface area contributed by atoms with Crippen molar-refractivity contribution < 1.29 is 9.47 Å². The number of nitrogens with one attached hydrogen (secondary N) is 1. The molecule has 0 radical (unpaired) electrons. The zero-order valence-corrected chi connectivity index (χ0v) is 11.7. The molecule has 18 heavy (non-hydrogen) atoms. The first kappa shape index (κ1) is 15.0. The van der Waals surface area contributed by atoms with Gasteiger partial charge in [0.2, 0.25) is 0 Å². The van der Waals surface area contributed by atoms with Crippen LogP contribution in [0.5, 0.6) is 5.75 Å². The highest BCUT2D eigenvalue weighted by molar-refractivity contribution is 5.29. The Labute approximate surface area is 109 Å². The molecule has 0 aliphatic carbocycles. The molecule has 1 rings (SSSR count). The predicted octanol–water partition coefficient (Wildman–Crippen LogP) is 1.88. The fourth-order valence-corrected chi connectivity index (χ4v) is 2.02. The van der Waals surface area contributed by atoms with Crippen molar-refractivity contribution in [2.75, 3.05) is 14.2 Å². The lowest BCUT2D eigenvalue weighted by molar-refractivity contribution is -0.0288. The zero-order chi connectivity index (χ0) is 13.6. The Morgan fingerprint density at radius 2 is 2.11 bits per heavy atom. The molecule has 1 aromatic carbocycles. The topological polar surface area (TPSA) is 56.5 Å².